The van der Waals surface area contributed by atoms with E-state index in [0.717, 1.165) is 41.3 Å². The van der Waals surface area contributed by atoms with Crippen molar-refractivity contribution in [3.8, 4) is 11.4 Å². The Balaban J connectivity index is 1.98. The van der Waals surface area contributed by atoms with E-state index in [0.29, 0.717) is 11.0 Å². The zero-order chi connectivity index (χ0) is 12.5. The molecule has 18 heavy (non-hydrogen) atoms. The standard InChI is InChI=1S/C12H13ClN4S/c1-2-3-17-5-8(4-14-17)12-15-10-7-18-6-9(10)11(13)16-12/h4-5H,2-3,6-7H2,1H3. The lowest BCUT2D eigenvalue weighted by Gasteiger charge is -2.03. The van der Waals surface area contributed by atoms with Crippen molar-refractivity contribution in [3.63, 3.8) is 0 Å². The van der Waals surface area contributed by atoms with Crippen LogP contribution in [0, 0.1) is 0 Å². The van der Waals surface area contributed by atoms with E-state index >= 15 is 0 Å². The first-order valence-corrected chi connectivity index (χ1v) is 7.47. The van der Waals surface area contributed by atoms with E-state index in [1.54, 1.807) is 6.20 Å². The lowest BCUT2D eigenvalue weighted by Crippen LogP contribution is -1.97. The van der Waals surface area contributed by atoms with Gasteiger partial charge in [0.25, 0.3) is 0 Å². The van der Waals surface area contributed by atoms with Crippen LogP contribution in [0.4, 0.5) is 0 Å². The van der Waals surface area contributed by atoms with Crippen LogP contribution in [0.2, 0.25) is 5.15 Å². The summed E-state index contributed by atoms with van der Waals surface area (Å²) >= 11 is 8.03. The van der Waals surface area contributed by atoms with Gasteiger partial charge in [0.1, 0.15) is 5.15 Å². The van der Waals surface area contributed by atoms with Crippen molar-refractivity contribution in [2.24, 2.45) is 0 Å². The largest absolute Gasteiger partial charge is 0.272 e. The molecule has 94 valence electrons. The first-order chi connectivity index (χ1) is 8.78. The summed E-state index contributed by atoms with van der Waals surface area (Å²) in [4.78, 5) is 8.96. The highest BCUT2D eigenvalue weighted by Gasteiger charge is 2.19. The SMILES string of the molecule is CCCn1cc(-c2nc(Cl)c3c(n2)CSC3)cn1. The molecule has 0 saturated heterocycles. The van der Waals surface area contributed by atoms with Gasteiger partial charge in [-0.25, -0.2) is 9.97 Å². The van der Waals surface area contributed by atoms with E-state index in [-0.39, 0.29) is 0 Å². The van der Waals surface area contributed by atoms with E-state index in [1.807, 2.05) is 22.6 Å². The molecular formula is C12H13ClN4S. The molecule has 0 atom stereocenters. The van der Waals surface area contributed by atoms with Gasteiger partial charge in [-0.3, -0.25) is 4.68 Å². The van der Waals surface area contributed by atoms with Crippen molar-refractivity contribution in [3.05, 3.63) is 28.8 Å². The fourth-order valence-corrected chi connectivity index (χ4v) is 3.35. The van der Waals surface area contributed by atoms with Crippen molar-refractivity contribution in [1.82, 2.24) is 19.7 Å². The summed E-state index contributed by atoms with van der Waals surface area (Å²) in [6.07, 6.45) is 4.84. The van der Waals surface area contributed by atoms with Crippen LogP contribution < -0.4 is 0 Å². The summed E-state index contributed by atoms with van der Waals surface area (Å²) in [5.74, 6) is 2.53. The quantitative estimate of drug-likeness (QED) is 0.810. The second kappa shape index (κ2) is 4.90. The van der Waals surface area contributed by atoms with Gasteiger partial charge in [0.15, 0.2) is 5.82 Å². The second-order valence-electron chi connectivity index (χ2n) is 4.25. The van der Waals surface area contributed by atoms with Gasteiger partial charge in [-0.1, -0.05) is 18.5 Å². The maximum atomic E-state index is 6.20. The third-order valence-electron chi connectivity index (χ3n) is 2.87. The van der Waals surface area contributed by atoms with E-state index < -0.39 is 0 Å². The molecule has 2 aromatic heterocycles. The Morgan fingerprint density at radius 2 is 2.28 bits per heavy atom. The Labute approximate surface area is 115 Å². The predicted molar refractivity (Wildman–Crippen MR) is 73.6 cm³/mol. The normalized spacial score (nSPS) is 13.9. The number of rotatable bonds is 3. The van der Waals surface area contributed by atoms with Gasteiger partial charge in [0.05, 0.1) is 17.5 Å². The van der Waals surface area contributed by atoms with Gasteiger partial charge in [-0.2, -0.15) is 16.9 Å². The Morgan fingerprint density at radius 1 is 1.39 bits per heavy atom. The molecule has 2 aromatic rings. The fraction of sp³-hybridized carbons (Fsp3) is 0.417. The Hall–Kier alpha value is -1.07. The van der Waals surface area contributed by atoms with Crippen molar-refractivity contribution < 1.29 is 0 Å². The molecule has 0 saturated carbocycles. The molecule has 0 aromatic carbocycles. The monoisotopic (exact) mass is 280 g/mol. The molecule has 1 aliphatic rings. The molecule has 0 bridgehead atoms. The number of hydrogen-bond donors (Lipinski definition) is 0. The van der Waals surface area contributed by atoms with Crippen molar-refractivity contribution in [1.29, 1.82) is 0 Å². The molecule has 3 rings (SSSR count). The first-order valence-electron chi connectivity index (χ1n) is 5.93. The number of thioether (sulfide) groups is 1. The zero-order valence-corrected chi connectivity index (χ0v) is 11.6. The smallest absolute Gasteiger partial charge is 0.164 e. The molecule has 0 aliphatic carbocycles. The Morgan fingerprint density at radius 3 is 3.11 bits per heavy atom. The molecule has 0 spiro atoms. The third kappa shape index (κ3) is 2.12. The molecule has 0 N–H and O–H groups in total. The number of hydrogen-bond acceptors (Lipinski definition) is 4. The molecule has 0 fully saturated rings. The van der Waals surface area contributed by atoms with Gasteiger partial charge in [0.2, 0.25) is 0 Å². The average Bonchev–Trinajstić information content (AvgIpc) is 2.97. The summed E-state index contributed by atoms with van der Waals surface area (Å²) in [7, 11) is 0. The van der Waals surface area contributed by atoms with E-state index in [9.17, 15) is 0 Å². The topological polar surface area (TPSA) is 43.6 Å². The van der Waals surface area contributed by atoms with Crippen LogP contribution >= 0.6 is 23.4 Å². The minimum Gasteiger partial charge on any atom is -0.272 e. The minimum atomic E-state index is 0.586. The highest BCUT2D eigenvalue weighted by molar-refractivity contribution is 7.98. The van der Waals surface area contributed by atoms with Crippen LogP contribution in [0.25, 0.3) is 11.4 Å². The molecule has 3 heterocycles. The highest BCUT2D eigenvalue weighted by Crippen LogP contribution is 2.33. The number of aromatic nitrogens is 4. The van der Waals surface area contributed by atoms with Gasteiger partial charge in [0, 0.05) is 29.8 Å². The van der Waals surface area contributed by atoms with E-state index in [2.05, 4.69) is 22.0 Å². The lowest BCUT2D eigenvalue weighted by atomic mass is 10.2. The van der Waals surface area contributed by atoms with E-state index in [1.165, 1.54) is 0 Å². The Bertz CT molecular complexity index is 581. The van der Waals surface area contributed by atoms with Crippen molar-refractivity contribution in [2.45, 2.75) is 31.4 Å². The summed E-state index contributed by atoms with van der Waals surface area (Å²) in [6, 6.07) is 0. The fourth-order valence-electron chi connectivity index (χ4n) is 1.97. The number of halogens is 1. The van der Waals surface area contributed by atoms with Crippen LogP contribution in [0.15, 0.2) is 12.4 Å². The van der Waals surface area contributed by atoms with Gasteiger partial charge in [-0.05, 0) is 6.42 Å². The first kappa shape index (κ1) is 12.0. The van der Waals surface area contributed by atoms with Crippen LogP contribution in [0.1, 0.15) is 24.6 Å². The molecule has 6 heteroatoms. The van der Waals surface area contributed by atoms with Crippen molar-refractivity contribution >= 4 is 23.4 Å². The summed E-state index contributed by atoms with van der Waals surface area (Å²) in [5, 5.41) is 4.88. The minimum absolute atomic E-state index is 0.586. The molecule has 0 amide bonds. The van der Waals surface area contributed by atoms with Crippen LogP contribution in [0.3, 0.4) is 0 Å². The maximum Gasteiger partial charge on any atom is 0.164 e. The highest BCUT2D eigenvalue weighted by atomic mass is 35.5. The van der Waals surface area contributed by atoms with E-state index in [4.69, 9.17) is 11.6 Å². The lowest BCUT2D eigenvalue weighted by molar-refractivity contribution is 0.603. The predicted octanol–water partition coefficient (Wildman–Crippen LogP) is 3.15. The zero-order valence-electron chi connectivity index (χ0n) is 10.1. The van der Waals surface area contributed by atoms with Crippen LogP contribution in [-0.4, -0.2) is 19.7 Å². The molecule has 4 nitrogen and oxygen atoms in total. The molecule has 0 unspecified atom stereocenters. The number of nitrogens with zero attached hydrogens (tertiary/aromatic N) is 4. The summed E-state index contributed by atoms with van der Waals surface area (Å²) in [6.45, 7) is 3.04. The average molecular weight is 281 g/mol. The van der Waals surface area contributed by atoms with Gasteiger partial charge >= 0.3 is 0 Å². The molecule has 1 aliphatic heterocycles. The number of fused-ring (bicyclic) bond motifs is 1. The third-order valence-corrected chi connectivity index (χ3v) is 4.15. The van der Waals surface area contributed by atoms with Gasteiger partial charge < -0.3 is 0 Å². The summed E-state index contributed by atoms with van der Waals surface area (Å²) in [5.41, 5.74) is 3.09. The van der Waals surface area contributed by atoms with Gasteiger partial charge in [-0.15, -0.1) is 0 Å². The van der Waals surface area contributed by atoms with Crippen LogP contribution in [-0.2, 0) is 18.1 Å². The summed E-state index contributed by atoms with van der Waals surface area (Å²) < 4.78 is 1.91. The maximum absolute atomic E-state index is 6.20. The van der Waals surface area contributed by atoms with Crippen LogP contribution in [0.5, 0.6) is 0 Å². The second-order valence-corrected chi connectivity index (χ2v) is 5.59. The van der Waals surface area contributed by atoms with Crippen molar-refractivity contribution in [2.75, 3.05) is 0 Å². The molecule has 0 radical (unpaired) electrons. The Kier molecular flexibility index (Phi) is 3.26. The molecular weight excluding hydrogens is 268 g/mol. The number of aryl methyl sites for hydroxylation is 1.